The van der Waals surface area contributed by atoms with Crippen LogP contribution in [-0.4, -0.2) is 50.5 Å². The minimum absolute atomic E-state index is 0.0537. The molecule has 0 spiro atoms. The summed E-state index contributed by atoms with van der Waals surface area (Å²) in [5.41, 5.74) is 0.845. The van der Waals surface area contributed by atoms with Gasteiger partial charge in [-0.05, 0) is 37.1 Å². The van der Waals surface area contributed by atoms with E-state index in [9.17, 15) is 22.4 Å². The van der Waals surface area contributed by atoms with Crippen LogP contribution in [0.2, 0.25) is 5.02 Å². The van der Waals surface area contributed by atoms with Crippen molar-refractivity contribution in [3.05, 3.63) is 64.9 Å². The molecule has 0 aliphatic carbocycles. The van der Waals surface area contributed by atoms with Gasteiger partial charge < -0.3 is 10.2 Å². The Kier molecular flexibility index (Phi) is 9.03. The summed E-state index contributed by atoms with van der Waals surface area (Å²) >= 11 is 5.82. The maximum atomic E-state index is 13.6. The molecule has 2 aromatic carbocycles. The Bertz CT molecular complexity index is 1050. The van der Waals surface area contributed by atoms with Crippen LogP contribution in [0.1, 0.15) is 25.8 Å². The fraction of sp³-hybridized carbons (Fsp3) is 0.364. The van der Waals surface area contributed by atoms with Crippen LogP contribution in [0, 0.1) is 5.82 Å². The van der Waals surface area contributed by atoms with E-state index < -0.39 is 34.3 Å². The molecule has 2 rings (SSSR count). The van der Waals surface area contributed by atoms with Gasteiger partial charge in [-0.15, -0.1) is 0 Å². The van der Waals surface area contributed by atoms with E-state index in [1.54, 1.807) is 13.8 Å². The fourth-order valence-corrected chi connectivity index (χ4v) is 4.26. The Morgan fingerprint density at radius 2 is 1.78 bits per heavy atom. The number of sulfonamides is 1. The van der Waals surface area contributed by atoms with Crippen LogP contribution in [0.3, 0.4) is 0 Å². The quantitative estimate of drug-likeness (QED) is 0.562. The Labute approximate surface area is 193 Å². The van der Waals surface area contributed by atoms with Crippen LogP contribution in [0.25, 0.3) is 0 Å². The van der Waals surface area contributed by atoms with Crippen LogP contribution in [0.5, 0.6) is 0 Å². The molecule has 0 bridgehead atoms. The Hall–Kier alpha value is -2.65. The number of rotatable bonds is 10. The van der Waals surface area contributed by atoms with E-state index in [4.69, 9.17) is 11.6 Å². The largest absolute Gasteiger partial charge is 0.355 e. The topological polar surface area (TPSA) is 86.8 Å². The number of likely N-dealkylation sites (N-methyl/N-ethyl adjacent to an activating group) is 1. The van der Waals surface area contributed by atoms with E-state index in [0.717, 1.165) is 28.3 Å². The number of amides is 2. The summed E-state index contributed by atoms with van der Waals surface area (Å²) in [4.78, 5) is 27.4. The highest BCUT2D eigenvalue weighted by Gasteiger charge is 2.31. The molecule has 0 aliphatic heterocycles. The van der Waals surface area contributed by atoms with E-state index >= 15 is 0 Å². The second kappa shape index (κ2) is 11.3. The summed E-state index contributed by atoms with van der Waals surface area (Å²) in [6, 6.07) is 11.7. The number of anilines is 1. The summed E-state index contributed by atoms with van der Waals surface area (Å²) in [6.07, 6.45) is 1.28. The van der Waals surface area contributed by atoms with E-state index in [-0.39, 0.29) is 23.2 Å². The molecule has 174 valence electrons. The molecule has 2 aromatic rings. The predicted molar refractivity (Wildman–Crippen MR) is 123 cm³/mol. The van der Waals surface area contributed by atoms with Crippen LogP contribution >= 0.6 is 11.6 Å². The molecule has 0 heterocycles. The van der Waals surface area contributed by atoms with Gasteiger partial charge in [-0.3, -0.25) is 13.9 Å². The number of benzene rings is 2. The van der Waals surface area contributed by atoms with Crippen molar-refractivity contribution in [2.24, 2.45) is 0 Å². The third kappa shape index (κ3) is 6.67. The van der Waals surface area contributed by atoms with Crippen molar-refractivity contribution >= 4 is 39.1 Å². The lowest BCUT2D eigenvalue weighted by molar-refractivity contribution is -0.140. The van der Waals surface area contributed by atoms with Crippen molar-refractivity contribution in [2.45, 2.75) is 32.9 Å². The van der Waals surface area contributed by atoms with Gasteiger partial charge in [-0.1, -0.05) is 48.9 Å². The average molecular weight is 484 g/mol. The minimum Gasteiger partial charge on any atom is -0.355 e. The lowest BCUT2D eigenvalue weighted by atomic mass is 10.1. The molecule has 0 aromatic heterocycles. The molecule has 0 saturated heterocycles. The highest BCUT2D eigenvalue weighted by Crippen LogP contribution is 2.25. The summed E-state index contributed by atoms with van der Waals surface area (Å²) < 4.78 is 39.4. The van der Waals surface area contributed by atoms with Gasteiger partial charge in [0.25, 0.3) is 0 Å². The van der Waals surface area contributed by atoms with E-state index in [1.165, 1.54) is 11.0 Å². The lowest BCUT2D eigenvalue weighted by Crippen LogP contribution is -2.52. The Balaban J connectivity index is 2.42. The number of carbonyl (C=O) groups is 2. The molecule has 1 unspecified atom stereocenters. The van der Waals surface area contributed by atoms with E-state index in [1.807, 2.05) is 30.3 Å². The number of carbonyl (C=O) groups excluding carboxylic acids is 2. The zero-order valence-electron chi connectivity index (χ0n) is 18.2. The summed E-state index contributed by atoms with van der Waals surface area (Å²) in [5.74, 6) is -1.60. The molecule has 2 amide bonds. The highest BCUT2D eigenvalue weighted by atomic mass is 35.5. The molecule has 0 saturated carbocycles. The highest BCUT2D eigenvalue weighted by molar-refractivity contribution is 7.92. The first-order chi connectivity index (χ1) is 15.1. The second-order valence-electron chi connectivity index (χ2n) is 7.19. The van der Waals surface area contributed by atoms with Crippen LogP contribution in [0.15, 0.2) is 48.5 Å². The monoisotopic (exact) mass is 483 g/mol. The van der Waals surface area contributed by atoms with Gasteiger partial charge in [0.1, 0.15) is 18.4 Å². The van der Waals surface area contributed by atoms with Gasteiger partial charge in [-0.25, -0.2) is 12.8 Å². The minimum atomic E-state index is -3.91. The number of hydrogen-bond donors (Lipinski definition) is 1. The molecule has 1 atom stereocenters. The van der Waals surface area contributed by atoms with Gasteiger partial charge in [0.15, 0.2) is 0 Å². The number of hydrogen-bond acceptors (Lipinski definition) is 4. The molecular formula is C22H27ClFN3O4S. The van der Waals surface area contributed by atoms with Crippen molar-refractivity contribution in [3.8, 4) is 0 Å². The zero-order valence-corrected chi connectivity index (χ0v) is 19.8. The van der Waals surface area contributed by atoms with Crippen LogP contribution in [-0.2, 0) is 26.2 Å². The molecule has 7 nitrogen and oxygen atoms in total. The Morgan fingerprint density at radius 3 is 2.31 bits per heavy atom. The average Bonchev–Trinajstić information content (AvgIpc) is 2.74. The summed E-state index contributed by atoms with van der Waals surface area (Å²) in [7, 11) is -3.91. The number of nitrogens with one attached hydrogen (secondary N) is 1. The van der Waals surface area contributed by atoms with Gasteiger partial charge >= 0.3 is 0 Å². The Morgan fingerprint density at radius 1 is 1.12 bits per heavy atom. The lowest BCUT2D eigenvalue weighted by Gasteiger charge is -2.32. The van der Waals surface area contributed by atoms with Crippen LogP contribution in [0.4, 0.5) is 10.1 Å². The summed E-state index contributed by atoms with van der Waals surface area (Å²) in [5, 5.41) is 2.46. The predicted octanol–water partition coefficient (Wildman–Crippen LogP) is 3.19. The maximum Gasteiger partial charge on any atom is 0.244 e. The van der Waals surface area contributed by atoms with Crippen molar-refractivity contribution < 1.29 is 22.4 Å². The van der Waals surface area contributed by atoms with Crippen molar-refractivity contribution in [3.63, 3.8) is 0 Å². The van der Waals surface area contributed by atoms with E-state index in [0.29, 0.717) is 13.0 Å². The van der Waals surface area contributed by atoms with Crippen molar-refractivity contribution in [2.75, 3.05) is 23.7 Å². The first-order valence-electron chi connectivity index (χ1n) is 10.1. The van der Waals surface area contributed by atoms with Gasteiger partial charge in [0.2, 0.25) is 21.8 Å². The normalized spacial score (nSPS) is 12.2. The number of nitrogens with zero attached hydrogens (tertiary/aromatic N) is 2. The van der Waals surface area contributed by atoms with E-state index in [2.05, 4.69) is 5.32 Å². The fourth-order valence-electron chi connectivity index (χ4n) is 3.25. The molecule has 10 heteroatoms. The SMILES string of the molecule is CCNC(=O)C(CC)N(Cc1ccccc1)C(=O)CN(c1ccc(F)c(Cl)c1)S(C)(=O)=O. The van der Waals surface area contributed by atoms with Gasteiger partial charge in [0, 0.05) is 13.1 Å². The first kappa shape index (κ1) is 25.6. The third-order valence-corrected chi connectivity index (χ3v) is 6.23. The van der Waals surface area contributed by atoms with Gasteiger partial charge in [-0.2, -0.15) is 0 Å². The molecule has 0 fully saturated rings. The smallest absolute Gasteiger partial charge is 0.244 e. The maximum absolute atomic E-state index is 13.6. The standard InChI is InChI=1S/C22H27ClFN3O4S/c1-4-20(22(29)25-5-2)26(14-16-9-7-6-8-10-16)21(28)15-27(32(3,30)31)17-11-12-19(24)18(23)13-17/h6-13,20H,4-5,14-15H2,1-3H3,(H,25,29). The summed E-state index contributed by atoms with van der Waals surface area (Å²) in [6.45, 7) is 3.50. The molecule has 0 radical (unpaired) electrons. The molecule has 0 aliphatic rings. The van der Waals surface area contributed by atoms with Crippen molar-refractivity contribution in [1.82, 2.24) is 10.2 Å². The zero-order chi connectivity index (χ0) is 23.9. The first-order valence-corrected chi connectivity index (χ1v) is 12.3. The third-order valence-electron chi connectivity index (χ3n) is 4.80. The second-order valence-corrected chi connectivity index (χ2v) is 9.51. The van der Waals surface area contributed by atoms with Crippen LogP contribution < -0.4 is 9.62 Å². The molecule has 32 heavy (non-hydrogen) atoms. The molecule has 1 N–H and O–H groups in total. The van der Waals surface area contributed by atoms with Crippen molar-refractivity contribution in [1.29, 1.82) is 0 Å². The van der Waals surface area contributed by atoms with Gasteiger partial charge in [0.05, 0.1) is 17.0 Å². The molecular weight excluding hydrogens is 457 g/mol. The number of halogens is 2.